The van der Waals surface area contributed by atoms with Crippen LogP contribution in [0.15, 0.2) is 24.3 Å². The van der Waals surface area contributed by atoms with E-state index in [1.165, 1.54) is 37.8 Å². The van der Waals surface area contributed by atoms with Gasteiger partial charge in [0.1, 0.15) is 5.82 Å². The molecule has 1 amide bonds. The number of hydrogen-bond acceptors (Lipinski definition) is 2. The first-order valence-electron chi connectivity index (χ1n) is 8.42. The molecule has 0 radical (unpaired) electrons. The third kappa shape index (κ3) is 3.49. The number of halogens is 1. The summed E-state index contributed by atoms with van der Waals surface area (Å²) in [4.78, 5) is 16.8. The Kier molecular flexibility index (Phi) is 4.77. The monoisotopic (exact) mass is 304 g/mol. The summed E-state index contributed by atoms with van der Waals surface area (Å²) in [5.41, 5.74) is 0.458. The van der Waals surface area contributed by atoms with E-state index in [0.29, 0.717) is 11.6 Å². The summed E-state index contributed by atoms with van der Waals surface area (Å²) in [5.74, 6) is 0.433. The van der Waals surface area contributed by atoms with Gasteiger partial charge in [0, 0.05) is 37.8 Å². The maximum Gasteiger partial charge on any atom is 0.254 e. The van der Waals surface area contributed by atoms with Gasteiger partial charge in [0.2, 0.25) is 0 Å². The highest BCUT2D eigenvalue weighted by Gasteiger charge is 2.29. The zero-order valence-corrected chi connectivity index (χ0v) is 13.3. The summed E-state index contributed by atoms with van der Waals surface area (Å²) in [5, 5.41) is 0. The number of hydrogen-bond donors (Lipinski definition) is 0. The third-order valence-electron chi connectivity index (χ3n) is 5.10. The second-order valence-electron chi connectivity index (χ2n) is 6.76. The summed E-state index contributed by atoms with van der Waals surface area (Å²) in [6, 6.07) is 6.69. The van der Waals surface area contributed by atoms with Crippen LogP contribution in [0.2, 0.25) is 0 Å². The molecule has 0 bridgehead atoms. The van der Waals surface area contributed by atoms with Crippen LogP contribution in [-0.4, -0.2) is 47.9 Å². The van der Waals surface area contributed by atoms with Gasteiger partial charge in [0.25, 0.3) is 5.91 Å². The number of piperazine rings is 1. The van der Waals surface area contributed by atoms with Gasteiger partial charge in [-0.05, 0) is 37.0 Å². The zero-order chi connectivity index (χ0) is 15.5. The van der Waals surface area contributed by atoms with Crippen LogP contribution in [0, 0.1) is 11.7 Å². The summed E-state index contributed by atoms with van der Waals surface area (Å²) in [6.45, 7) is 5.73. The van der Waals surface area contributed by atoms with E-state index >= 15 is 0 Å². The van der Waals surface area contributed by atoms with Gasteiger partial charge in [-0.15, -0.1) is 0 Å². The van der Waals surface area contributed by atoms with Crippen LogP contribution < -0.4 is 0 Å². The Bertz CT molecular complexity index is 526. The van der Waals surface area contributed by atoms with Crippen molar-refractivity contribution in [3.63, 3.8) is 0 Å². The lowest BCUT2D eigenvalue weighted by atomic mass is 9.86. The Balaban J connectivity index is 1.56. The number of benzene rings is 1. The van der Waals surface area contributed by atoms with Gasteiger partial charge in [-0.3, -0.25) is 9.69 Å². The molecule has 1 saturated carbocycles. The quantitative estimate of drug-likeness (QED) is 0.838. The molecule has 3 nitrogen and oxygen atoms in total. The van der Waals surface area contributed by atoms with Crippen molar-refractivity contribution in [3.8, 4) is 0 Å². The minimum absolute atomic E-state index is 0.0452. The van der Waals surface area contributed by atoms with Gasteiger partial charge in [-0.1, -0.05) is 25.8 Å². The van der Waals surface area contributed by atoms with E-state index in [-0.39, 0.29) is 11.7 Å². The van der Waals surface area contributed by atoms with Crippen molar-refractivity contribution in [3.05, 3.63) is 35.6 Å². The van der Waals surface area contributed by atoms with Crippen LogP contribution in [0.5, 0.6) is 0 Å². The standard InChI is InChI=1S/C18H25FN2O/c1-14-4-2-7-17(12-14)20-8-10-21(11-9-20)18(22)15-5-3-6-16(19)13-15/h3,5-6,13-14,17H,2,4,7-12H2,1H3/t14-,17+/m1/s1. The van der Waals surface area contributed by atoms with Gasteiger partial charge < -0.3 is 4.90 Å². The van der Waals surface area contributed by atoms with Gasteiger partial charge in [0.05, 0.1) is 0 Å². The molecule has 22 heavy (non-hydrogen) atoms. The minimum atomic E-state index is -0.347. The Labute approximate surface area is 132 Å². The van der Waals surface area contributed by atoms with Gasteiger partial charge in [-0.2, -0.15) is 0 Å². The number of amides is 1. The fraction of sp³-hybridized carbons (Fsp3) is 0.611. The van der Waals surface area contributed by atoms with Gasteiger partial charge >= 0.3 is 0 Å². The predicted octanol–water partition coefficient (Wildman–Crippen LogP) is 3.16. The molecule has 3 rings (SSSR count). The van der Waals surface area contributed by atoms with E-state index in [9.17, 15) is 9.18 Å². The number of carbonyl (C=O) groups is 1. The van der Waals surface area contributed by atoms with Crippen LogP contribution in [-0.2, 0) is 0 Å². The fourth-order valence-corrected chi connectivity index (χ4v) is 3.83. The molecular weight excluding hydrogens is 279 g/mol. The largest absolute Gasteiger partial charge is 0.336 e. The zero-order valence-electron chi connectivity index (χ0n) is 13.3. The average Bonchev–Trinajstić information content (AvgIpc) is 2.54. The average molecular weight is 304 g/mol. The lowest BCUT2D eigenvalue weighted by molar-refractivity contribution is 0.0488. The fourth-order valence-electron chi connectivity index (χ4n) is 3.83. The van der Waals surface area contributed by atoms with Crippen LogP contribution in [0.25, 0.3) is 0 Å². The summed E-state index contributed by atoms with van der Waals surface area (Å²) >= 11 is 0. The Hall–Kier alpha value is -1.42. The van der Waals surface area contributed by atoms with Crippen LogP contribution in [0.1, 0.15) is 43.0 Å². The first-order chi connectivity index (χ1) is 10.6. The third-order valence-corrected chi connectivity index (χ3v) is 5.10. The lowest BCUT2D eigenvalue weighted by Crippen LogP contribution is -2.52. The number of nitrogens with zero attached hydrogens (tertiary/aromatic N) is 2. The molecule has 2 fully saturated rings. The van der Waals surface area contributed by atoms with Crippen LogP contribution >= 0.6 is 0 Å². The predicted molar refractivity (Wildman–Crippen MR) is 85.3 cm³/mol. The van der Waals surface area contributed by atoms with Crippen molar-refractivity contribution in [1.29, 1.82) is 0 Å². The van der Waals surface area contributed by atoms with E-state index in [1.54, 1.807) is 12.1 Å². The van der Waals surface area contributed by atoms with Crippen molar-refractivity contribution in [1.82, 2.24) is 9.80 Å². The molecule has 120 valence electrons. The number of rotatable bonds is 2. The molecule has 1 aromatic carbocycles. The SMILES string of the molecule is C[C@@H]1CCC[C@H](N2CCN(C(=O)c3cccc(F)c3)CC2)C1. The Morgan fingerprint density at radius 1 is 1.18 bits per heavy atom. The van der Waals surface area contributed by atoms with Crippen molar-refractivity contribution in [2.45, 2.75) is 38.6 Å². The molecule has 1 aromatic rings. The molecular formula is C18H25FN2O. The summed E-state index contributed by atoms with van der Waals surface area (Å²) < 4.78 is 13.3. The molecule has 0 spiro atoms. The molecule has 0 N–H and O–H groups in total. The molecule has 1 heterocycles. The molecule has 1 aliphatic heterocycles. The summed E-state index contributed by atoms with van der Waals surface area (Å²) in [7, 11) is 0. The first kappa shape index (κ1) is 15.5. The van der Waals surface area contributed by atoms with E-state index < -0.39 is 0 Å². The molecule has 0 unspecified atom stereocenters. The van der Waals surface area contributed by atoms with Crippen molar-refractivity contribution >= 4 is 5.91 Å². The molecule has 1 saturated heterocycles. The Morgan fingerprint density at radius 2 is 1.95 bits per heavy atom. The lowest BCUT2D eigenvalue weighted by Gasteiger charge is -2.42. The molecule has 4 heteroatoms. The van der Waals surface area contributed by atoms with Crippen LogP contribution in [0.4, 0.5) is 4.39 Å². The topological polar surface area (TPSA) is 23.6 Å². The minimum Gasteiger partial charge on any atom is -0.336 e. The smallest absolute Gasteiger partial charge is 0.254 e. The van der Waals surface area contributed by atoms with Crippen LogP contribution in [0.3, 0.4) is 0 Å². The Morgan fingerprint density at radius 3 is 2.64 bits per heavy atom. The first-order valence-corrected chi connectivity index (χ1v) is 8.42. The second-order valence-corrected chi connectivity index (χ2v) is 6.76. The van der Waals surface area contributed by atoms with E-state index in [0.717, 1.165) is 32.1 Å². The number of carbonyl (C=O) groups excluding carboxylic acids is 1. The molecule has 2 atom stereocenters. The molecule has 1 aliphatic carbocycles. The summed E-state index contributed by atoms with van der Waals surface area (Å²) in [6.07, 6.45) is 5.27. The maximum atomic E-state index is 13.3. The maximum absolute atomic E-state index is 13.3. The van der Waals surface area contributed by atoms with Crippen molar-refractivity contribution in [2.24, 2.45) is 5.92 Å². The van der Waals surface area contributed by atoms with Crippen molar-refractivity contribution in [2.75, 3.05) is 26.2 Å². The van der Waals surface area contributed by atoms with Gasteiger partial charge in [0.15, 0.2) is 0 Å². The van der Waals surface area contributed by atoms with E-state index in [2.05, 4.69) is 11.8 Å². The molecule has 0 aromatic heterocycles. The van der Waals surface area contributed by atoms with Gasteiger partial charge in [-0.25, -0.2) is 4.39 Å². The second kappa shape index (κ2) is 6.78. The normalized spacial score (nSPS) is 26.9. The van der Waals surface area contributed by atoms with E-state index in [4.69, 9.17) is 0 Å². The van der Waals surface area contributed by atoms with Crippen molar-refractivity contribution < 1.29 is 9.18 Å². The van der Waals surface area contributed by atoms with E-state index in [1.807, 2.05) is 4.90 Å². The highest BCUT2D eigenvalue weighted by atomic mass is 19.1. The highest BCUT2D eigenvalue weighted by Crippen LogP contribution is 2.28. The highest BCUT2D eigenvalue weighted by molar-refractivity contribution is 5.94. The molecule has 2 aliphatic rings.